The minimum absolute atomic E-state index is 0.388. The van der Waals surface area contributed by atoms with Crippen LogP contribution in [0.5, 0.6) is 0 Å². The maximum atomic E-state index is 13.6. The highest BCUT2D eigenvalue weighted by molar-refractivity contribution is 5.88. The Morgan fingerprint density at radius 3 is 2.15 bits per heavy atom. The van der Waals surface area contributed by atoms with Gasteiger partial charge in [-0.1, -0.05) is 0 Å². The number of hydrogen-bond donors (Lipinski definition) is 2. The van der Waals surface area contributed by atoms with E-state index in [2.05, 4.69) is 4.98 Å². The number of carboxylic acid groups (broad SMARTS) is 1. The molecule has 2 N–H and O–H groups in total. The highest BCUT2D eigenvalue weighted by Gasteiger charge is 2.33. The van der Waals surface area contributed by atoms with Gasteiger partial charge in [-0.25, -0.2) is 18.6 Å². The number of rotatable bonds is 2. The Kier molecular flexibility index (Phi) is 3.20. The van der Waals surface area contributed by atoms with Gasteiger partial charge in [0.15, 0.2) is 0 Å². The summed E-state index contributed by atoms with van der Waals surface area (Å²) in [7, 11) is 0. The average molecular weight is 292 g/mol. The van der Waals surface area contributed by atoms with Crippen LogP contribution < -0.4 is 0 Å². The summed E-state index contributed by atoms with van der Waals surface area (Å²) < 4.78 is 64.3. The van der Waals surface area contributed by atoms with Crippen molar-refractivity contribution in [3.8, 4) is 11.4 Å². The molecule has 0 aliphatic rings. The van der Waals surface area contributed by atoms with Crippen molar-refractivity contribution in [3.63, 3.8) is 0 Å². The molecule has 2 aromatic rings. The van der Waals surface area contributed by atoms with E-state index in [-0.39, 0.29) is 0 Å². The molecule has 106 valence electrons. The predicted octanol–water partition coefficient (Wildman–Crippen LogP) is 3.07. The summed E-state index contributed by atoms with van der Waals surface area (Å²) in [6, 6.07) is 0.993. The van der Waals surface area contributed by atoms with Gasteiger partial charge in [0.05, 0.1) is 17.3 Å². The first-order valence-corrected chi connectivity index (χ1v) is 5.05. The third-order valence-electron chi connectivity index (χ3n) is 2.41. The molecule has 0 aliphatic heterocycles. The van der Waals surface area contributed by atoms with Crippen molar-refractivity contribution in [2.24, 2.45) is 0 Å². The van der Waals surface area contributed by atoms with Gasteiger partial charge in [-0.05, 0) is 12.1 Å². The van der Waals surface area contributed by atoms with Gasteiger partial charge in [-0.15, -0.1) is 0 Å². The first-order chi connectivity index (χ1) is 9.20. The number of alkyl halides is 3. The Labute approximate surface area is 107 Å². The molecule has 0 fully saturated rings. The lowest BCUT2D eigenvalue weighted by Crippen LogP contribution is -2.05. The molecule has 0 amide bonds. The molecule has 9 heteroatoms. The van der Waals surface area contributed by atoms with E-state index in [9.17, 15) is 26.7 Å². The van der Waals surface area contributed by atoms with Gasteiger partial charge >= 0.3 is 12.1 Å². The normalized spacial score (nSPS) is 11.7. The average Bonchev–Trinajstić information content (AvgIpc) is 2.76. The molecular weight excluding hydrogens is 287 g/mol. The van der Waals surface area contributed by atoms with Gasteiger partial charge in [0.25, 0.3) is 0 Å². The van der Waals surface area contributed by atoms with Crippen molar-refractivity contribution >= 4 is 5.97 Å². The topological polar surface area (TPSA) is 66.0 Å². The fraction of sp³-hybridized carbons (Fsp3) is 0.0909. The summed E-state index contributed by atoms with van der Waals surface area (Å²) >= 11 is 0. The lowest BCUT2D eigenvalue weighted by Gasteiger charge is -2.04. The van der Waals surface area contributed by atoms with E-state index >= 15 is 0 Å². The highest BCUT2D eigenvalue weighted by atomic mass is 19.4. The Morgan fingerprint density at radius 1 is 1.20 bits per heavy atom. The maximum absolute atomic E-state index is 13.6. The van der Waals surface area contributed by atoms with Gasteiger partial charge < -0.3 is 10.1 Å². The molecule has 20 heavy (non-hydrogen) atoms. The third kappa shape index (κ3) is 2.46. The Balaban J connectivity index is 2.53. The lowest BCUT2D eigenvalue weighted by atomic mass is 10.1. The summed E-state index contributed by atoms with van der Waals surface area (Å²) in [6.45, 7) is 0. The maximum Gasteiger partial charge on any atom is 0.432 e. The van der Waals surface area contributed by atoms with E-state index in [1.54, 1.807) is 4.98 Å². The van der Waals surface area contributed by atoms with Crippen LogP contribution in [0.15, 0.2) is 18.3 Å². The first-order valence-electron chi connectivity index (χ1n) is 5.05. The van der Waals surface area contributed by atoms with Crippen molar-refractivity contribution in [1.29, 1.82) is 0 Å². The van der Waals surface area contributed by atoms with Crippen molar-refractivity contribution in [2.75, 3.05) is 0 Å². The van der Waals surface area contributed by atoms with E-state index in [1.165, 1.54) is 0 Å². The van der Waals surface area contributed by atoms with E-state index in [4.69, 9.17) is 5.11 Å². The molecule has 0 saturated carbocycles. The smallest absolute Gasteiger partial charge is 0.432 e. The molecule has 0 aliphatic carbocycles. The summed E-state index contributed by atoms with van der Waals surface area (Å²) in [5.74, 6) is -4.90. The summed E-state index contributed by atoms with van der Waals surface area (Å²) in [4.78, 5) is 15.6. The minimum atomic E-state index is -4.74. The quantitative estimate of drug-likeness (QED) is 0.836. The second-order valence-corrected chi connectivity index (χ2v) is 3.76. The number of aromatic nitrogens is 2. The number of nitrogens with one attached hydrogen (secondary N) is 1. The van der Waals surface area contributed by atoms with Crippen LogP contribution in [0.1, 0.15) is 16.1 Å². The van der Waals surface area contributed by atoms with Crippen molar-refractivity contribution in [2.45, 2.75) is 6.18 Å². The van der Waals surface area contributed by atoms with Crippen LogP contribution >= 0.6 is 0 Å². The molecule has 1 heterocycles. The molecule has 1 aromatic carbocycles. The first kappa shape index (κ1) is 14.0. The largest absolute Gasteiger partial charge is 0.478 e. The van der Waals surface area contributed by atoms with Crippen molar-refractivity contribution < 1.29 is 31.9 Å². The Bertz CT molecular complexity index is 655. The van der Waals surface area contributed by atoms with Crippen LogP contribution in [0.3, 0.4) is 0 Å². The molecule has 4 nitrogen and oxygen atoms in total. The van der Waals surface area contributed by atoms with Gasteiger partial charge in [0.1, 0.15) is 23.2 Å². The van der Waals surface area contributed by atoms with E-state index in [1.807, 2.05) is 0 Å². The monoisotopic (exact) mass is 292 g/mol. The number of carboxylic acids is 1. The highest BCUT2D eigenvalue weighted by Crippen LogP contribution is 2.31. The number of halogens is 5. The molecule has 0 saturated heterocycles. The van der Waals surface area contributed by atoms with Crippen LogP contribution in [0.4, 0.5) is 22.0 Å². The second kappa shape index (κ2) is 4.58. The fourth-order valence-electron chi connectivity index (χ4n) is 1.52. The van der Waals surface area contributed by atoms with Crippen LogP contribution in [-0.2, 0) is 6.18 Å². The van der Waals surface area contributed by atoms with Crippen molar-refractivity contribution in [3.05, 3.63) is 41.2 Å². The number of nitrogens with zero attached hydrogens (tertiary/aromatic N) is 1. The third-order valence-corrected chi connectivity index (χ3v) is 2.41. The molecule has 0 spiro atoms. The number of aromatic amines is 1. The summed E-state index contributed by atoms with van der Waals surface area (Å²) in [6.07, 6.45) is -4.35. The summed E-state index contributed by atoms with van der Waals surface area (Å²) in [5, 5.41) is 8.60. The number of hydrogen-bond acceptors (Lipinski definition) is 2. The number of carbonyl (C=O) groups is 1. The fourth-order valence-corrected chi connectivity index (χ4v) is 1.52. The van der Waals surface area contributed by atoms with Gasteiger partial charge in [-0.2, -0.15) is 13.2 Å². The number of aromatic carboxylic acids is 1. The molecule has 0 atom stereocenters. The van der Waals surface area contributed by atoms with Gasteiger partial charge in [0, 0.05) is 0 Å². The number of H-pyrrole nitrogens is 1. The van der Waals surface area contributed by atoms with E-state index < -0.39 is 46.4 Å². The Morgan fingerprint density at radius 2 is 1.75 bits per heavy atom. The van der Waals surface area contributed by atoms with Gasteiger partial charge in [-0.3, -0.25) is 0 Å². The molecule has 1 aromatic heterocycles. The zero-order valence-corrected chi connectivity index (χ0v) is 9.42. The van der Waals surface area contributed by atoms with Crippen molar-refractivity contribution in [1.82, 2.24) is 9.97 Å². The molecular formula is C11H5F5N2O2. The predicted molar refractivity (Wildman–Crippen MR) is 55.9 cm³/mol. The molecule has 0 unspecified atom stereocenters. The number of benzene rings is 1. The zero-order valence-electron chi connectivity index (χ0n) is 9.42. The van der Waals surface area contributed by atoms with Crippen LogP contribution in [-0.4, -0.2) is 21.0 Å². The van der Waals surface area contributed by atoms with Crippen LogP contribution in [0.2, 0.25) is 0 Å². The second-order valence-electron chi connectivity index (χ2n) is 3.76. The lowest BCUT2D eigenvalue weighted by molar-refractivity contribution is -0.140. The van der Waals surface area contributed by atoms with Crippen LogP contribution in [0, 0.1) is 11.6 Å². The zero-order chi connectivity index (χ0) is 15.1. The van der Waals surface area contributed by atoms with Crippen LogP contribution in [0.25, 0.3) is 11.4 Å². The number of imidazole rings is 1. The van der Waals surface area contributed by atoms with E-state index in [0.29, 0.717) is 18.3 Å². The minimum Gasteiger partial charge on any atom is -0.478 e. The summed E-state index contributed by atoms with van der Waals surface area (Å²) in [5.41, 5.74) is -2.79. The standard InChI is InChI=1S/C11H5F5N2O2/c12-5-1-4(10(19)20)2-6(13)8(5)9-17-3-7(18-9)11(14,15)16/h1-3H,(H,17,18)(H,19,20). The SMILES string of the molecule is O=C(O)c1cc(F)c(-c2ncc(C(F)(F)F)[nH]2)c(F)c1. The molecule has 2 rings (SSSR count). The Hall–Kier alpha value is -2.45. The van der Waals surface area contributed by atoms with E-state index in [0.717, 1.165) is 0 Å². The molecule has 0 radical (unpaired) electrons. The van der Waals surface area contributed by atoms with Gasteiger partial charge in [0.2, 0.25) is 0 Å². The molecule has 0 bridgehead atoms.